The molecule has 0 saturated carbocycles. The van der Waals surface area contributed by atoms with Crippen LogP contribution in [-0.4, -0.2) is 50.1 Å². The summed E-state index contributed by atoms with van der Waals surface area (Å²) >= 11 is 0. The summed E-state index contributed by atoms with van der Waals surface area (Å²) < 4.78 is 0. The summed E-state index contributed by atoms with van der Waals surface area (Å²) in [5.41, 5.74) is 0. The summed E-state index contributed by atoms with van der Waals surface area (Å²) in [7, 11) is 3.97. The number of carbonyl (C=O) groups excluding carboxylic acids is 1. The first kappa shape index (κ1) is 12.5. The molecule has 1 fully saturated rings. The van der Waals surface area contributed by atoms with Crippen molar-refractivity contribution >= 4 is 5.91 Å². The Kier molecular flexibility index (Phi) is 5.05. The van der Waals surface area contributed by atoms with Crippen LogP contribution in [0.5, 0.6) is 0 Å². The third-order valence-electron chi connectivity index (χ3n) is 2.77. The minimum atomic E-state index is 0.183. The van der Waals surface area contributed by atoms with Crippen LogP contribution in [0.4, 0.5) is 0 Å². The Morgan fingerprint density at radius 2 is 2.27 bits per heavy atom. The van der Waals surface area contributed by atoms with E-state index in [2.05, 4.69) is 17.6 Å². The summed E-state index contributed by atoms with van der Waals surface area (Å²) in [6, 6.07) is 0.897. The molecule has 0 bridgehead atoms. The second-order valence-electron chi connectivity index (χ2n) is 4.70. The van der Waals surface area contributed by atoms with Gasteiger partial charge in [0.2, 0.25) is 5.91 Å². The lowest BCUT2D eigenvalue weighted by atomic mass is 10.0. The van der Waals surface area contributed by atoms with E-state index in [0.29, 0.717) is 18.5 Å². The van der Waals surface area contributed by atoms with Crippen molar-refractivity contribution in [2.75, 3.05) is 27.2 Å². The zero-order chi connectivity index (χ0) is 11.3. The molecule has 88 valence electrons. The molecule has 2 atom stereocenters. The molecule has 4 heteroatoms. The highest BCUT2D eigenvalue weighted by Gasteiger charge is 2.19. The van der Waals surface area contributed by atoms with Gasteiger partial charge >= 0.3 is 0 Å². The lowest BCUT2D eigenvalue weighted by molar-refractivity contribution is -0.122. The summed E-state index contributed by atoms with van der Waals surface area (Å²) in [4.78, 5) is 13.6. The molecule has 1 heterocycles. The molecular formula is C11H23N3O. The van der Waals surface area contributed by atoms with Crippen LogP contribution < -0.4 is 10.6 Å². The predicted octanol–water partition coefficient (Wildman–Crippen LogP) is 0.195. The van der Waals surface area contributed by atoms with Gasteiger partial charge in [0.1, 0.15) is 0 Å². The van der Waals surface area contributed by atoms with Crippen molar-refractivity contribution < 1.29 is 4.79 Å². The molecule has 2 N–H and O–H groups in total. The van der Waals surface area contributed by atoms with Crippen LogP contribution in [0, 0.1) is 0 Å². The number of carbonyl (C=O) groups is 1. The first-order valence-corrected chi connectivity index (χ1v) is 5.75. The largest absolute Gasteiger partial charge is 0.353 e. The number of amides is 1. The zero-order valence-electron chi connectivity index (χ0n) is 10.0. The molecule has 2 unspecified atom stereocenters. The quantitative estimate of drug-likeness (QED) is 0.701. The molecule has 1 amide bonds. The van der Waals surface area contributed by atoms with Gasteiger partial charge < -0.3 is 15.5 Å². The summed E-state index contributed by atoms with van der Waals surface area (Å²) in [5, 5.41) is 6.47. The van der Waals surface area contributed by atoms with E-state index in [0.717, 1.165) is 25.9 Å². The second kappa shape index (κ2) is 6.08. The number of hydrogen-bond acceptors (Lipinski definition) is 3. The fourth-order valence-electron chi connectivity index (χ4n) is 1.89. The fraction of sp³-hybridized carbons (Fsp3) is 0.909. The Balaban J connectivity index is 2.19. The molecule has 15 heavy (non-hydrogen) atoms. The van der Waals surface area contributed by atoms with Gasteiger partial charge in [-0.25, -0.2) is 0 Å². The molecule has 1 rings (SSSR count). The maximum atomic E-state index is 11.6. The highest BCUT2D eigenvalue weighted by atomic mass is 16.1. The van der Waals surface area contributed by atoms with Crippen molar-refractivity contribution in [2.24, 2.45) is 0 Å². The molecule has 0 aliphatic carbocycles. The van der Waals surface area contributed by atoms with Crippen LogP contribution in [-0.2, 0) is 4.79 Å². The van der Waals surface area contributed by atoms with Crippen LogP contribution in [0.25, 0.3) is 0 Å². The van der Waals surface area contributed by atoms with Crippen molar-refractivity contribution in [1.82, 2.24) is 15.5 Å². The lowest BCUT2D eigenvalue weighted by Gasteiger charge is -2.28. The molecule has 0 radical (unpaired) electrons. The fourth-order valence-corrected chi connectivity index (χ4v) is 1.89. The molecular weight excluding hydrogens is 190 g/mol. The lowest BCUT2D eigenvalue weighted by Crippen LogP contribution is -2.46. The van der Waals surface area contributed by atoms with Gasteiger partial charge in [-0.2, -0.15) is 0 Å². The summed E-state index contributed by atoms with van der Waals surface area (Å²) in [5.74, 6) is 0.183. The van der Waals surface area contributed by atoms with E-state index in [1.54, 1.807) is 0 Å². The zero-order valence-corrected chi connectivity index (χ0v) is 10.0. The topological polar surface area (TPSA) is 44.4 Å². The first-order valence-electron chi connectivity index (χ1n) is 5.75. The van der Waals surface area contributed by atoms with Gasteiger partial charge in [0.15, 0.2) is 0 Å². The average Bonchev–Trinajstić information content (AvgIpc) is 2.15. The van der Waals surface area contributed by atoms with Gasteiger partial charge in [-0.05, 0) is 40.4 Å². The molecule has 1 aliphatic heterocycles. The monoisotopic (exact) mass is 213 g/mol. The van der Waals surface area contributed by atoms with Crippen molar-refractivity contribution in [3.05, 3.63) is 0 Å². The van der Waals surface area contributed by atoms with E-state index in [1.165, 1.54) is 0 Å². The maximum absolute atomic E-state index is 11.6. The van der Waals surface area contributed by atoms with Gasteiger partial charge in [-0.15, -0.1) is 0 Å². The molecule has 0 aromatic heterocycles. The Bertz CT molecular complexity index is 206. The number of nitrogens with zero attached hydrogens (tertiary/aromatic N) is 1. The summed E-state index contributed by atoms with van der Waals surface area (Å²) in [6.07, 6.45) is 2.71. The van der Waals surface area contributed by atoms with Crippen molar-refractivity contribution in [3.8, 4) is 0 Å². The molecule has 4 nitrogen and oxygen atoms in total. The predicted molar refractivity (Wildman–Crippen MR) is 61.8 cm³/mol. The van der Waals surface area contributed by atoms with E-state index in [9.17, 15) is 4.79 Å². The highest BCUT2D eigenvalue weighted by molar-refractivity contribution is 5.76. The van der Waals surface area contributed by atoms with Crippen molar-refractivity contribution in [3.63, 3.8) is 0 Å². The minimum Gasteiger partial charge on any atom is -0.353 e. The number of hydrogen-bond donors (Lipinski definition) is 2. The Hall–Kier alpha value is -0.610. The molecule has 1 aliphatic rings. The maximum Gasteiger partial charge on any atom is 0.221 e. The molecule has 0 aromatic rings. The Morgan fingerprint density at radius 3 is 2.87 bits per heavy atom. The normalized spacial score (nSPS) is 26.7. The third kappa shape index (κ3) is 5.14. The molecule has 0 aromatic carbocycles. The Morgan fingerprint density at radius 1 is 1.53 bits per heavy atom. The van der Waals surface area contributed by atoms with E-state index in [-0.39, 0.29) is 5.91 Å². The SMILES string of the molecule is CC1CC(NC(=O)CCN(C)C)CCN1. The molecule has 1 saturated heterocycles. The second-order valence-corrected chi connectivity index (χ2v) is 4.70. The van der Waals surface area contributed by atoms with E-state index in [1.807, 2.05) is 19.0 Å². The van der Waals surface area contributed by atoms with Crippen LogP contribution in [0.3, 0.4) is 0 Å². The standard InChI is InChI=1S/C11H23N3O/c1-9-8-10(4-6-12-9)13-11(15)5-7-14(2)3/h9-10,12H,4-8H2,1-3H3,(H,13,15). The minimum absolute atomic E-state index is 0.183. The van der Waals surface area contributed by atoms with Gasteiger partial charge in [0.25, 0.3) is 0 Å². The Labute approximate surface area is 92.4 Å². The van der Waals surface area contributed by atoms with Crippen molar-refractivity contribution in [2.45, 2.75) is 38.3 Å². The third-order valence-corrected chi connectivity index (χ3v) is 2.77. The van der Waals surface area contributed by atoms with Gasteiger partial charge in [0, 0.05) is 25.0 Å². The van der Waals surface area contributed by atoms with Gasteiger partial charge in [-0.3, -0.25) is 4.79 Å². The highest BCUT2D eigenvalue weighted by Crippen LogP contribution is 2.07. The number of nitrogens with one attached hydrogen (secondary N) is 2. The van der Waals surface area contributed by atoms with Gasteiger partial charge in [-0.1, -0.05) is 0 Å². The van der Waals surface area contributed by atoms with Crippen LogP contribution in [0.15, 0.2) is 0 Å². The van der Waals surface area contributed by atoms with E-state index in [4.69, 9.17) is 0 Å². The number of rotatable bonds is 4. The first-order chi connectivity index (χ1) is 7.08. The van der Waals surface area contributed by atoms with E-state index >= 15 is 0 Å². The average molecular weight is 213 g/mol. The smallest absolute Gasteiger partial charge is 0.221 e. The molecule has 0 spiro atoms. The number of piperidine rings is 1. The van der Waals surface area contributed by atoms with Crippen molar-refractivity contribution in [1.29, 1.82) is 0 Å². The van der Waals surface area contributed by atoms with E-state index < -0.39 is 0 Å². The summed E-state index contributed by atoms with van der Waals surface area (Å²) in [6.45, 7) is 4.00. The van der Waals surface area contributed by atoms with Crippen LogP contribution in [0.1, 0.15) is 26.2 Å². The van der Waals surface area contributed by atoms with Crippen LogP contribution >= 0.6 is 0 Å². The van der Waals surface area contributed by atoms with Gasteiger partial charge in [0.05, 0.1) is 0 Å². The van der Waals surface area contributed by atoms with Crippen LogP contribution in [0.2, 0.25) is 0 Å².